The van der Waals surface area contributed by atoms with Gasteiger partial charge in [-0.1, -0.05) is 43.7 Å². The van der Waals surface area contributed by atoms with Gasteiger partial charge in [0.05, 0.1) is 26.9 Å². The van der Waals surface area contributed by atoms with Crippen molar-refractivity contribution in [2.75, 3.05) is 33.5 Å². The van der Waals surface area contributed by atoms with Crippen molar-refractivity contribution in [3.63, 3.8) is 0 Å². The molecule has 0 fully saturated rings. The van der Waals surface area contributed by atoms with E-state index in [2.05, 4.69) is 6.92 Å². The van der Waals surface area contributed by atoms with Crippen LogP contribution in [0.3, 0.4) is 0 Å². The van der Waals surface area contributed by atoms with E-state index in [0.29, 0.717) is 18.8 Å². The Labute approximate surface area is 126 Å². The first-order valence-electron chi connectivity index (χ1n) is 7.23. The number of ether oxygens (including phenoxy) is 3. The summed E-state index contributed by atoms with van der Waals surface area (Å²) in [4.78, 5) is 12.0. The summed E-state index contributed by atoms with van der Waals surface area (Å²) in [5, 5.41) is 0. The van der Waals surface area contributed by atoms with Crippen LogP contribution in [0.15, 0.2) is 30.3 Å². The molecule has 1 aromatic carbocycles. The van der Waals surface area contributed by atoms with Crippen molar-refractivity contribution in [2.24, 2.45) is 5.73 Å². The molecule has 0 saturated heterocycles. The van der Waals surface area contributed by atoms with Crippen molar-refractivity contribution in [1.82, 2.24) is 0 Å². The number of carbonyl (C=O) groups is 1. The van der Waals surface area contributed by atoms with E-state index in [4.69, 9.17) is 19.9 Å². The number of unbranched alkanes of at least 4 members (excludes halogenated alkanes) is 1. The summed E-state index contributed by atoms with van der Waals surface area (Å²) in [6.45, 7) is 3.78. The molecule has 0 aliphatic heterocycles. The van der Waals surface area contributed by atoms with Gasteiger partial charge in [-0.05, 0) is 12.0 Å². The fourth-order valence-corrected chi connectivity index (χ4v) is 1.88. The van der Waals surface area contributed by atoms with Crippen LogP contribution in [0.5, 0.6) is 0 Å². The average molecular weight is 295 g/mol. The molecule has 0 spiro atoms. The fourth-order valence-electron chi connectivity index (χ4n) is 1.88. The summed E-state index contributed by atoms with van der Waals surface area (Å²) in [6.07, 6.45) is 2.14. The lowest BCUT2D eigenvalue weighted by Gasteiger charge is -2.26. The van der Waals surface area contributed by atoms with Gasteiger partial charge in [0.25, 0.3) is 0 Å². The van der Waals surface area contributed by atoms with Crippen molar-refractivity contribution in [1.29, 1.82) is 0 Å². The summed E-state index contributed by atoms with van der Waals surface area (Å²) in [7, 11) is 1.32. The maximum absolute atomic E-state index is 12.0. The monoisotopic (exact) mass is 295 g/mol. The topological polar surface area (TPSA) is 70.8 Å². The maximum atomic E-state index is 12.0. The zero-order valence-corrected chi connectivity index (χ0v) is 12.8. The van der Waals surface area contributed by atoms with E-state index in [0.717, 1.165) is 19.4 Å². The van der Waals surface area contributed by atoms with Crippen LogP contribution in [0.25, 0.3) is 0 Å². The quantitative estimate of drug-likeness (QED) is 0.527. The second-order valence-corrected chi connectivity index (χ2v) is 4.85. The first-order valence-corrected chi connectivity index (χ1v) is 7.23. The van der Waals surface area contributed by atoms with Crippen molar-refractivity contribution < 1.29 is 19.0 Å². The molecule has 5 heteroatoms. The van der Waals surface area contributed by atoms with Gasteiger partial charge in [0.2, 0.25) is 0 Å². The number of hydrogen-bond donors (Lipinski definition) is 1. The van der Waals surface area contributed by atoms with Gasteiger partial charge in [-0.15, -0.1) is 0 Å². The Balaban J connectivity index is 2.50. The molecule has 0 aliphatic carbocycles. The lowest BCUT2D eigenvalue weighted by Crippen LogP contribution is -2.49. The number of methoxy groups -OCH3 is 1. The van der Waals surface area contributed by atoms with Gasteiger partial charge in [0.1, 0.15) is 0 Å². The third-order valence-electron chi connectivity index (χ3n) is 3.18. The van der Waals surface area contributed by atoms with Gasteiger partial charge >= 0.3 is 5.97 Å². The smallest absolute Gasteiger partial charge is 0.332 e. The Kier molecular flexibility index (Phi) is 7.97. The number of nitrogens with two attached hydrogens (primary N) is 1. The highest BCUT2D eigenvalue weighted by molar-refractivity contribution is 5.82. The van der Waals surface area contributed by atoms with Gasteiger partial charge in [-0.25, -0.2) is 4.79 Å². The third-order valence-corrected chi connectivity index (χ3v) is 3.18. The third kappa shape index (κ3) is 5.46. The molecule has 2 N–H and O–H groups in total. The highest BCUT2D eigenvalue weighted by Crippen LogP contribution is 2.20. The molecule has 1 aromatic rings. The molecular weight excluding hydrogens is 270 g/mol. The molecule has 118 valence electrons. The number of esters is 1. The van der Waals surface area contributed by atoms with Crippen molar-refractivity contribution >= 4 is 5.97 Å². The van der Waals surface area contributed by atoms with E-state index in [1.54, 1.807) is 12.1 Å². The minimum absolute atomic E-state index is 0.0564. The molecule has 0 amide bonds. The molecule has 0 radical (unpaired) electrons. The molecule has 21 heavy (non-hydrogen) atoms. The Hall–Kier alpha value is -1.43. The molecule has 1 atom stereocenters. The van der Waals surface area contributed by atoms with E-state index in [1.165, 1.54) is 7.11 Å². The molecule has 0 heterocycles. The number of hydrogen-bond acceptors (Lipinski definition) is 5. The van der Waals surface area contributed by atoms with Crippen LogP contribution in [0, 0.1) is 0 Å². The minimum Gasteiger partial charge on any atom is -0.467 e. The van der Waals surface area contributed by atoms with E-state index >= 15 is 0 Å². The van der Waals surface area contributed by atoms with Gasteiger partial charge < -0.3 is 19.9 Å². The Bertz CT molecular complexity index is 410. The van der Waals surface area contributed by atoms with Crippen LogP contribution in [-0.4, -0.2) is 39.5 Å². The van der Waals surface area contributed by atoms with Crippen molar-refractivity contribution in [2.45, 2.75) is 25.3 Å². The lowest BCUT2D eigenvalue weighted by molar-refractivity contribution is -0.150. The molecule has 0 bridgehead atoms. The largest absolute Gasteiger partial charge is 0.467 e. The van der Waals surface area contributed by atoms with Crippen molar-refractivity contribution in [3.8, 4) is 0 Å². The van der Waals surface area contributed by atoms with Gasteiger partial charge in [-0.2, -0.15) is 0 Å². The van der Waals surface area contributed by atoms with Crippen LogP contribution in [0.4, 0.5) is 0 Å². The molecular formula is C16H25NO4. The SMILES string of the molecule is CCCCOCCOCC(N)(C(=O)OC)c1ccccc1. The molecule has 1 rings (SSSR count). The van der Waals surface area contributed by atoms with E-state index in [1.807, 2.05) is 18.2 Å². The standard InChI is InChI=1S/C16H25NO4/c1-3-4-10-20-11-12-21-13-16(17,15(18)19-2)14-8-6-5-7-9-14/h5-9H,3-4,10-13,17H2,1-2H3. The summed E-state index contributed by atoms with van der Waals surface area (Å²) in [6, 6.07) is 9.10. The second kappa shape index (κ2) is 9.50. The summed E-state index contributed by atoms with van der Waals surface area (Å²) in [5.74, 6) is -0.513. The predicted molar refractivity (Wildman–Crippen MR) is 80.9 cm³/mol. The normalized spacial score (nSPS) is 13.7. The number of rotatable bonds is 10. The van der Waals surface area contributed by atoms with E-state index in [-0.39, 0.29) is 6.61 Å². The average Bonchev–Trinajstić information content (AvgIpc) is 2.53. The molecule has 1 unspecified atom stereocenters. The van der Waals surface area contributed by atoms with Crippen LogP contribution < -0.4 is 5.73 Å². The zero-order valence-electron chi connectivity index (χ0n) is 12.8. The van der Waals surface area contributed by atoms with Crippen molar-refractivity contribution in [3.05, 3.63) is 35.9 Å². The van der Waals surface area contributed by atoms with Gasteiger partial charge in [-0.3, -0.25) is 0 Å². The minimum atomic E-state index is -1.29. The second-order valence-electron chi connectivity index (χ2n) is 4.85. The Morgan fingerprint density at radius 2 is 1.81 bits per heavy atom. The zero-order chi connectivity index (χ0) is 15.6. The first kappa shape index (κ1) is 17.6. The highest BCUT2D eigenvalue weighted by atomic mass is 16.5. The van der Waals surface area contributed by atoms with Crippen LogP contribution in [-0.2, 0) is 24.5 Å². The molecule has 0 saturated carbocycles. The first-order chi connectivity index (χ1) is 10.1. The van der Waals surface area contributed by atoms with Crippen LogP contribution >= 0.6 is 0 Å². The van der Waals surface area contributed by atoms with Crippen LogP contribution in [0.2, 0.25) is 0 Å². The maximum Gasteiger partial charge on any atom is 0.332 e. The van der Waals surface area contributed by atoms with Gasteiger partial charge in [0.15, 0.2) is 5.54 Å². The van der Waals surface area contributed by atoms with Gasteiger partial charge in [0, 0.05) is 6.61 Å². The highest BCUT2D eigenvalue weighted by Gasteiger charge is 2.37. The van der Waals surface area contributed by atoms with E-state index < -0.39 is 11.5 Å². The Morgan fingerprint density at radius 3 is 2.43 bits per heavy atom. The number of carbonyl (C=O) groups excluding carboxylic acids is 1. The fraction of sp³-hybridized carbons (Fsp3) is 0.562. The summed E-state index contributed by atoms with van der Waals surface area (Å²) < 4.78 is 15.7. The predicted octanol–water partition coefficient (Wildman–Crippen LogP) is 1.85. The molecule has 0 aliphatic rings. The van der Waals surface area contributed by atoms with E-state index in [9.17, 15) is 4.79 Å². The lowest BCUT2D eigenvalue weighted by atomic mass is 9.92. The molecule has 0 aromatic heterocycles. The summed E-state index contributed by atoms with van der Waals surface area (Å²) >= 11 is 0. The van der Waals surface area contributed by atoms with Crippen LogP contribution in [0.1, 0.15) is 25.3 Å². The number of benzene rings is 1. The summed E-state index contributed by atoms with van der Waals surface area (Å²) in [5.41, 5.74) is 5.57. The Morgan fingerprint density at radius 1 is 1.14 bits per heavy atom. The molecule has 5 nitrogen and oxygen atoms in total.